The Hall–Kier alpha value is -2.03. The van der Waals surface area contributed by atoms with Gasteiger partial charge in [-0.05, 0) is 36.4 Å². The first-order valence-electron chi connectivity index (χ1n) is 6.29. The lowest BCUT2D eigenvalue weighted by Crippen LogP contribution is -1.98. The van der Waals surface area contributed by atoms with Crippen LogP contribution < -0.4 is 5.43 Å². The van der Waals surface area contributed by atoms with Crippen molar-refractivity contribution in [1.82, 2.24) is 0 Å². The molecule has 104 valence electrons. The van der Waals surface area contributed by atoms with Crippen LogP contribution in [0.25, 0.3) is 22.6 Å². The van der Waals surface area contributed by atoms with Crippen molar-refractivity contribution in [3.8, 4) is 22.6 Å². The Bertz CT molecular complexity index is 836. The third-order valence-electron chi connectivity index (χ3n) is 3.03. The van der Waals surface area contributed by atoms with Gasteiger partial charge in [-0.1, -0.05) is 35.3 Å². The van der Waals surface area contributed by atoms with Crippen molar-refractivity contribution in [2.75, 3.05) is 0 Å². The van der Waals surface area contributed by atoms with Gasteiger partial charge >= 0.3 is 0 Å². The van der Waals surface area contributed by atoms with Crippen LogP contribution in [-0.2, 0) is 0 Å². The average Bonchev–Trinajstić information content (AvgIpc) is 2.48. The molecule has 0 bridgehead atoms. The molecule has 0 unspecified atom stereocenters. The second-order valence-electron chi connectivity index (χ2n) is 4.51. The molecule has 0 aliphatic carbocycles. The molecule has 21 heavy (non-hydrogen) atoms. The van der Waals surface area contributed by atoms with Gasteiger partial charge in [-0.15, -0.1) is 0 Å². The lowest BCUT2D eigenvalue weighted by molar-refractivity contribution is 0.580. The van der Waals surface area contributed by atoms with Crippen LogP contribution in [0.1, 0.15) is 0 Å². The maximum absolute atomic E-state index is 11.9. The minimum atomic E-state index is -0.138. The fourth-order valence-electron chi connectivity index (χ4n) is 2.03. The van der Waals surface area contributed by atoms with Crippen molar-refractivity contribution in [3.05, 3.63) is 80.9 Å². The molecule has 0 amide bonds. The number of rotatable bonds is 2. The summed E-state index contributed by atoms with van der Waals surface area (Å²) in [6, 6.07) is 17.2. The first kappa shape index (κ1) is 13.9. The molecule has 0 aliphatic rings. The molecule has 3 aromatic rings. The van der Waals surface area contributed by atoms with E-state index in [4.69, 9.17) is 27.6 Å². The lowest BCUT2D eigenvalue weighted by atomic mass is 10.1. The Labute approximate surface area is 131 Å². The van der Waals surface area contributed by atoms with E-state index in [1.54, 1.807) is 30.3 Å². The fraction of sp³-hybridized carbons (Fsp3) is 0. The van der Waals surface area contributed by atoms with Gasteiger partial charge in [-0.25, -0.2) is 0 Å². The standard InChI is InChI=1S/C17H10Cl2O2/c18-12-7-5-11(6-8-12)16-9-13(20)10-17(21-16)14-3-1-2-4-15(14)19/h1-10H. The van der Waals surface area contributed by atoms with Crippen LogP contribution in [0.3, 0.4) is 0 Å². The predicted octanol–water partition coefficient (Wildman–Crippen LogP) is 5.28. The molecule has 0 aliphatic heterocycles. The summed E-state index contributed by atoms with van der Waals surface area (Å²) in [5.74, 6) is 0.923. The molecule has 0 spiro atoms. The molecule has 2 aromatic carbocycles. The van der Waals surface area contributed by atoms with Gasteiger partial charge in [0.05, 0.1) is 5.02 Å². The fourth-order valence-corrected chi connectivity index (χ4v) is 2.38. The zero-order valence-electron chi connectivity index (χ0n) is 10.8. The Kier molecular flexibility index (Phi) is 3.82. The topological polar surface area (TPSA) is 30.2 Å². The summed E-state index contributed by atoms with van der Waals surface area (Å²) < 4.78 is 5.82. The van der Waals surface area contributed by atoms with Crippen LogP contribution in [-0.4, -0.2) is 0 Å². The van der Waals surface area contributed by atoms with E-state index in [2.05, 4.69) is 0 Å². The average molecular weight is 317 g/mol. The first-order valence-corrected chi connectivity index (χ1v) is 7.05. The second kappa shape index (κ2) is 5.76. The van der Waals surface area contributed by atoms with E-state index >= 15 is 0 Å². The molecule has 1 heterocycles. The Morgan fingerprint density at radius 2 is 1.48 bits per heavy atom. The molecule has 0 radical (unpaired) electrons. The molecular weight excluding hydrogens is 307 g/mol. The molecule has 0 saturated heterocycles. The summed E-state index contributed by atoms with van der Waals surface area (Å²) in [5.41, 5.74) is 1.33. The van der Waals surface area contributed by atoms with E-state index in [1.165, 1.54) is 12.1 Å². The number of hydrogen-bond donors (Lipinski definition) is 0. The number of halogens is 2. The van der Waals surface area contributed by atoms with Crippen molar-refractivity contribution in [2.45, 2.75) is 0 Å². The normalized spacial score (nSPS) is 10.6. The van der Waals surface area contributed by atoms with Crippen LogP contribution in [0.5, 0.6) is 0 Å². The molecule has 0 fully saturated rings. The lowest BCUT2D eigenvalue weighted by Gasteiger charge is -2.06. The van der Waals surface area contributed by atoms with Gasteiger partial charge in [-0.3, -0.25) is 4.79 Å². The quantitative estimate of drug-likeness (QED) is 0.643. The van der Waals surface area contributed by atoms with Gasteiger partial charge in [0.2, 0.25) is 0 Å². The summed E-state index contributed by atoms with van der Waals surface area (Å²) in [6.07, 6.45) is 0. The van der Waals surface area contributed by atoms with Gasteiger partial charge < -0.3 is 4.42 Å². The van der Waals surface area contributed by atoms with Crippen LogP contribution >= 0.6 is 23.2 Å². The van der Waals surface area contributed by atoms with Crippen LogP contribution in [0.2, 0.25) is 10.0 Å². The number of benzene rings is 2. The highest BCUT2D eigenvalue weighted by atomic mass is 35.5. The molecular formula is C17H10Cl2O2. The zero-order valence-corrected chi connectivity index (χ0v) is 12.4. The summed E-state index contributed by atoms with van der Waals surface area (Å²) in [6.45, 7) is 0. The Morgan fingerprint density at radius 3 is 2.19 bits per heavy atom. The summed E-state index contributed by atoms with van der Waals surface area (Å²) in [5, 5.41) is 1.16. The number of hydrogen-bond acceptors (Lipinski definition) is 2. The molecule has 0 atom stereocenters. The maximum Gasteiger partial charge on any atom is 0.186 e. The summed E-state index contributed by atoms with van der Waals surface area (Å²) >= 11 is 12.0. The van der Waals surface area contributed by atoms with Gasteiger partial charge in [-0.2, -0.15) is 0 Å². The Balaban J connectivity index is 2.15. The van der Waals surface area contributed by atoms with Crippen molar-refractivity contribution >= 4 is 23.2 Å². The maximum atomic E-state index is 11.9. The molecule has 3 rings (SSSR count). The van der Waals surface area contributed by atoms with Crippen LogP contribution in [0.4, 0.5) is 0 Å². The summed E-state index contributed by atoms with van der Waals surface area (Å²) in [7, 11) is 0. The van der Waals surface area contributed by atoms with Crippen molar-refractivity contribution in [3.63, 3.8) is 0 Å². The van der Waals surface area contributed by atoms with E-state index in [-0.39, 0.29) is 5.43 Å². The minimum absolute atomic E-state index is 0.138. The van der Waals surface area contributed by atoms with Crippen molar-refractivity contribution in [2.24, 2.45) is 0 Å². The van der Waals surface area contributed by atoms with Gasteiger partial charge in [0.25, 0.3) is 0 Å². The molecule has 0 N–H and O–H groups in total. The smallest absolute Gasteiger partial charge is 0.186 e. The van der Waals surface area contributed by atoms with Crippen LogP contribution in [0, 0.1) is 0 Å². The highest BCUT2D eigenvalue weighted by Crippen LogP contribution is 2.30. The molecule has 1 aromatic heterocycles. The molecule has 2 nitrogen and oxygen atoms in total. The second-order valence-corrected chi connectivity index (χ2v) is 5.35. The third-order valence-corrected chi connectivity index (χ3v) is 3.62. The van der Waals surface area contributed by atoms with Gasteiger partial charge in [0.1, 0.15) is 11.5 Å². The SMILES string of the molecule is O=c1cc(-c2ccc(Cl)cc2)oc(-c2ccccc2Cl)c1. The van der Waals surface area contributed by atoms with Crippen molar-refractivity contribution in [1.29, 1.82) is 0 Å². The van der Waals surface area contributed by atoms with E-state index < -0.39 is 0 Å². The molecule has 0 saturated carbocycles. The monoisotopic (exact) mass is 316 g/mol. The van der Waals surface area contributed by atoms with Gasteiger partial charge in [0, 0.05) is 28.3 Å². The van der Waals surface area contributed by atoms with Crippen LogP contribution in [0.15, 0.2) is 69.9 Å². The zero-order chi connectivity index (χ0) is 14.8. The highest BCUT2D eigenvalue weighted by molar-refractivity contribution is 6.33. The van der Waals surface area contributed by atoms with E-state index in [9.17, 15) is 4.79 Å². The highest BCUT2D eigenvalue weighted by Gasteiger charge is 2.09. The van der Waals surface area contributed by atoms with Gasteiger partial charge in [0.15, 0.2) is 5.43 Å². The van der Waals surface area contributed by atoms with E-state index in [0.29, 0.717) is 27.1 Å². The molecule has 4 heteroatoms. The minimum Gasteiger partial charge on any atom is -0.456 e. The first-order chi connectivity index (χ1) is 10.1. The largest absolute Gasteiger partial charge is 0.456 e. The van der Waals surface area contributed by atoms with E-state index in [0.717, 1.165) is 5.56 Å². The third kappa shape index (κ3) is 3.02. The van der Waals surface area contributed by atoms with E-state index in [1.807, 2.05) is 18.2 Å². The summed E-state index contributed by atoms with van der Waals surface area (Å²) in [4.78, 5) is 11.9. The predicted molar refractivity (Wildman–Crippen MR) is 85.9 cm³/mol. The Morgan fingerprint density at radius 1 is 0.810 bits per heavy atom. The van der Waals surface area contributed by atoms with Crippen molar-refractivity contribution < 1.29 is 4.42 Å².